The van der Waals surface area contributed by atoms with Crippen molar-refractivity contribution in [2.45, 2.75) is 19.8 Å². The largest absolute Gasteiger partial charge is 0.372 e. The predicted octanol–water partition coefficient (Wildman–Crippen LogP) is 3.56. The van der Waals surface area contributed by atoms with E-state index in [0.29, 0.717) is 18.1 Å². The van der Waals surface area contributed by atoms with Crippen LogP contribution in [0.4, 0.5) is 17.2 Å². The summed E-state index contributed by atoms with van der Waals surface area (Å²) in [6.07, 6.45) is 5.57. The standard InChI is InChI=1S/C20H25N5O/c1-3-10-21-19-13-18(22-14-23-19)20(26)24-16-4-6-17(7-5-16)25-11-8-15(2)9-12-25/h3-7,13-15H,1,8-12H2,2H3,(H,24,26)(H,21,22,23). The number of piperidine rings is 1. The molecule has 0 saturated carbocycles. The molecule has 0 unspecified atom stereocenters. The molecule has 1 fully saturated rings. The van der Waals surface area contributed by atoms with Crippen LogP contribution in [-0.2, 0) is 0 Å². The summed E-state index contributed by atoms with van der Waals surface area (Å²) >= 11 is 0. The maximum Gasteiger partial charge on any atom is 0.274 e. The van der Waals surface area contributed by atoms with Crippen LogP contribution in [0.25, 0.3) is 0 Å². The van der Waals surface area contributed by atoms with Gasteiger partial charge in [0.2, 0.25) is 0 Å². The van der Waals surface area contributed by atoms with E-state index in [1.165, 1.54) is 24.9 Å². The highest BCUT2D eigenvalue weighted by Crippen LogP contribution is 2.24. The highest BCUT2D eigenvalue weighted by Gasteiger charge is 2.16. The number of benzene rings is 1. The number of nitrogens with zero attached hydrogens (tertiary/aromatic N) is 3. The molecule has 2 heterocycles. The molecule has 0 atom stereocenters. The minimum Gasteiger partial charge on any atom is -0.372 e. The Hall–Kier alpha value is -2.89. The van der Waals surface area contributed by atoms with Gasteiger partial charge in [-0.15, -0.1) is 6.58 Å². The number of carbonyl (C=O) groups is 1. The van der Waals surface area contributed by atoms with Crippen molar-refractivity contribution in [3.63, 3.8) is 0 Å². The molecule has 2 aromatic rings. The molecule has 1 aromatic carbocycles. The molecule has 1 amide bonds. The Morgan fingerprint density at radius 2 is 2.00 bits per heavy atom. The van der Waals surface area contributed by atoms with E-state index in [2.05, 4.69) is 51.1 Å². The van der Waals surface area contributed by atoms with Crippen LogP contribution in [0.5, 0.6) is 0 Å². The van der Waals surface area contributed by atoms with E-state index < -0.39 is 0 Å². The second-order valence-corrected chi connectivity index (χ2v) is 6.63. The van der Waals surface area contributed by atoms with Crippen LogP contribution in [0.1, 0.15) is 30.3 Å². The first-order chi connectivity index (χ1) is 12.7. The third-order valence-electron chi connectivity index (χ3n) is 4.60. The maximum absolute atomic E-state index is 12.4. The lowest BCUT2D eigenvalue weighted by atomic mass is 9.99. The number of rotatable bonds is 6. The number of aromatic nitrogens is 2. The monoisotopic (exact) mass is 351 g/mol. The van der Waals surface area contributed by atoms with Gasteiger partial charge in [0.25, 0.3) is 5.91 Å². The van der Waals surface area contributed by atoms with Crippen LogP contribution in [-0.4, -0.2) is 35.5 Å². The summed E-state index contributed by atoms with van der Waals surface area (Å²) in [4.78, 5) is 22.9. The number of hydrogen-bond donors (Lipinski definition) is 2. The van der Waals surface area contributed by atoms with Crippen LogP contribution in [0.15, 0.2) is 49.3 Å². The summed E-state index contributed by atoms with van der Waals surface area (Å²) in [7, 11) is 0. The predicted molar refractivity (Wildman–Crippen MR) is 106 cm³/mol. The van der Waals surface area contributed by atoms with Crippen molar-refractivity contribution in [3.8, 4) is 0 Å². The van der Waals surface area contributed by atoms with Crippen molar-refractivity contribution in [2.24, 2.45) is 5.92 Å². The Labute approximate surface area is 154 Å². The fourth-order valence-electron chi connectivity index (χ4n) is 2.97. The minimum atomic E-state index is -0.256. The van der Waals surface area contributed by atoms with Crippen molar-refractivity contribution < 1.29 is 4.79 Å². The lowest BCUT2D eigenvalue weighted by Crippen LogP contribution is -2.32. The molecule has 1 aliphatic heterocycles. The molecule has 2 N–H and O–H groups in total. The van der Waals surface area contributed by atoms with Gasteiger partial charge in [0, 0.05) is 37.1 Å². The maximum atomic E-state index is 12.4. The third-order valence-corrected chi connectivity index (χ3v) is 4.60. The Morgan fingerprint density at radius 1 is 1.27 bits per heavy atom. The van der Waals surface area contributed by atoms with E-state index in [4.69, 9.17) is 0 Å². The summed E-state index contributed by atoms with van der Waals surface area (Å²) in [5, 5.41) is 5.93. The minimum absolute atomic E-state index is 0.256. The lowest BCUT2D eigenvalue weighted by Gasteiger charge is -2.32. The number of anilines is 3. The van der Waals surface area contributed by atoms with Crippen LogP contribution >= 0.6 is 0 Å². The van der Waals surface area contributed by atoms with Gasteiger partial charge in [-0.05, 0) is 43.0 Å². The molecule has 6 heteroatoms. The van der Waals surface area contributed by atoms with Gasteiger partial charge in [0.1, 0.15) is 17.8 Å². The molecule has 26 heavy (non-hydrogen) atoms. The van der Waals surface area contributed by atoms with Gasteiger partial charge in [-0.3, -0.25) is 4.79 Å². The first kappa shape index (κ1) is 17.9. The molecule has 1 saturated heterocycles. The summed E-state index contributed by atoms with van der Waals surface area (Å²) in [6, 6.07) is 9.61. The highest BCUT2D eigenvalue weighted by molar-refractivity contribution is 6.03. The number of hydrogen-bond acceptors (Lipinski definition) is 5. The summed E-state index contributed by atoms with van der Waals surface area (Å²) in [6.45, 7) is 8.71. The van der Waals surface area contributed by atoms with Crippen LogP contribution in [0.2, 0.25) is 0 Å². The number of carbonyl (C=O) groups excluding carboxylic acids is 1. The summed E-state index contributed by atoms with van der Waals surface area (Å²) in [5.41, 5.74) is 2.27. The van der Waals surface area contributed by atoms with E-state index in [0.717, 1.165) is 24.7 Å². The molecule has 0 aliphatic carbocycles. The van der Waals surface area contributed by atoms with Gasteiger partial charge >= 0.3 is 0 Å². The van der Waals surface area contributed by atoms with Gasteiger partial charge in [-0.2, -0.15) is 0 Å². The average Bonchev–Trinajstić information content (AvgIpc) is 2.68. The van der Waals surface area contributed by atoms with Crippen LogP contribution < -0.4 is 15.5 Å². The molecule has 1 aromatic heterocycles. The first-order valence-corrected chi connectivity index (χ1v) is 8.99. The molecule has 6 nitrogen and oxygen atoms in total. The van der Waals surface area contributed by atoms with Crippen molar-refractivity contribution >= 4 is 23.1 Å². The average molecular weight is 351 g/mol. The third kappa shape index (κ3) is 4.59. The van der Waals surface area contributed by atoms with Gasteiger partial charge in [0.05, 0.1) is 0 Å². The van der Waals surface area contributed by atoms with Crippen LogP contribution in [0.3, 0.4) is 0 Å². The lowest BCUT2D eigenvalue weighted by molar-refractivity contribution is 0.102. The molecular weight excluding hydrogens is 326 g/mol. The van der Waals surface area contributed by atoms with Gasteiger partial charge in [0.15, 0.2) is 0 Å². The van der Waals surface area contributed by atoms with Gasteiger partial charge < -0.3 is 15.5 Å². The van der Waals surface area contributed by atoms with E-state index in [-0.39, 0.29) is 5.91 Å². The SMILES string of the molecule is C=CCNc1cc(C(=O)Nc2ccc(N3CCC(C)CC3)cc2)ncn1. The fraction of sp³-hybridized carbons (Fsp3) is 0.350. The summed E-state index contributed by atoms with van der Waals surface area (Å²) < 4.78 is 0. The Kier molecular flexibility index (Phi) is 5.84. The van der Waals surface area contributed by atoms with E-state index in [1.54, 1.807) is 12.1 Å². The Bertz CT molecular complexity index is 751. The van der Waals surface area contributed by atoms with E-state index in [1.807, 2.05) is 12.1 Å². The zero-order chi connectivity index (χ0) is 18.4. The van der Waals surface area contributed by atoms with Gasteiger partial charge in [-0.25, -0.2) is 9.97 Å². The molecule has 0 spiro atoms. The van der Waals surface area contributed by atoms with Crippen molar-refractivity contribution in [1.29, 1.82) is 0 Å². The molecule has 1 aliphatic rings. The van der Waals surface area contributed by atoms with E-state index >= 15 is 0 Å². The quantitative estimate of drug-likeness (QED) is 0.779. The fourth-order valence-corrected chi connectivity index (χ4v) is 2.97. The smallest absolute Gasteiger partial charge is 0.274 e. The normalized spacial score (nSPS) is 14.7. The zero-order valence-corrected chi connectivity index (χ0v) is 15.1. The topological polar surface area (TPSA) is 70.2 Å². The zero-order valence-electron chi connectivity index (χ0n) is 15.1. The first-order valence-electron chi connectivity index (χ1n) is 8.99. The highest BCUT2D eigenvalue weighted by atomic mass is 16.1. The van der Waals surface area contributed by atoms with Crippen molar-refractivity contribution in [1.82, 2.24) is 9.97 Å². The molecular formula is C20H25N5O. The second-order valence-electron chi connectivity index (χ2n) is 6.63. The molecule has 0 bridgehead atoms. The molecule has 136 valence electrons. The second kappa shape index (κ2) is 8.47. The summed E-state index contributed by atoms with van der Waals surface area (Å²) in [5.74, 6) is 1.15. The molecule has 3 rings (SSSR count). The van der Waals surface area contributed by atoms with Crippen molar-refractivity contribution in [2.75, 3.05) is 35.2 Å². The van der Waals surface area contributed by atoms with E-state index in [9.17, 15) is 4.79 Å². The van der Waals surface area contributed by atoms with Crippen LogP contribution in [0, 0.1) is 5.92 Å². The number of amides is 1. The van der Waals surface area contributed by atoms with Gasteiger partial charge in [-0.1, -0.05) is 13.0 Å². The molecule has 0 radical (unpaired) electrons. The Morgan fingerprint density at radius 3 is 2.69 bits per heavy atom. The van der Waals surface area contributed by atoms with Crippen molar-refractivity contribution in [3.05, 3.63) is 55.0 Å². The number of nitrogens with one attached hydrogen (secondary N) is 2. The Balaban J connectivity index is 1.61.